The van der Waals surface area contributed by atoms with Crippen molar-refractivity contribution in [3.05, 3.63) is 34.1 Å². The molecule has 2 aromatic heterocycles. The van der Waals surface area contributed by atoms with Gasteiger partial charge >= 0.3 is 0 Å². The maximum absolute atomic E-state index is 11.8. The van der Waals surface area contributed by atoms with Crippen LogP contribution in [-0.2, 0) is 0 Å². The van der Waals surface area contributed by atoms with E-state index in [2.05, 4.69) is 15.4 Å². The van der Waals surface area contributed by atoms with Crippen LogP contribution in [-0.4, -0.2) is 46.7 Å². The van der Waals surface area contributed by atoms with Crippen LogP contribution >= 0.6 is 23.2 Å². The maximum Gasteiger partial charge on any atom is 0.273 e. The van der Waals surface area contributed by atoms with Crippen molar-refractivity contribution in [3.8, 4) is 5.82 Å². The van der Waals surface area contributed by atoms with Gasteiger partial charge in [-0.15, -0.1) is 0 Å². The van der Waals surface area contributed by atoms with Crippen LogP contribution < -0.4 is 5.32 Å². The van der Waals surface area contributed by atoms with Gasteiger partial charge in [0.1, 0.15) is 5.82 Å². The number of carbonyl (C=O) groups is 1. The molecule has 0 aliphatic heterocycles. The van der Waals surface area contributed by atoms with Gasteiger partial charge in [-0.05, 0) is 12.1 Å². The largest absolute Gasteiger partial charge is 0.372 e. The van der Waals surface area contributed by atoms with Crippen LogP contribution in [0.5, 0.6) is 0 Å². The Bertz CT molecular complexity index is 653. The van der Waals surface area contributed by atoms with Crippen molar-refractivity contribution in [2.45, 2.75) is 0 Å². The van der Waals surface area contributed by atoms with Gasteiger partial charge < -0.3 is 10.2 Å². The molecule has 106 valence electrons. The van der Waals surface area contributed by atoms with Crippen molar-refractivity contribution in [1.29, 1.82) is 0 Å². The van der Waals surface area contributed by atoms with Crippen molar-refractivity contribution in [2.75, 3.05) is 26.5 Å². The first-order valence-corrected chi connectivity index (χ1v) is 6.51. The van der Waals surface area contributed by atoms with Crippen molar-refractivity contribution in [3.63, 3.8) is 0 Å². The molecular formula is C12H13Cl2N5O. The predicted molar refractivity (Wildman–Crippen MR) is 78.9 cm³/mol. The van der Waals surface area contributed by atoms with Gasteiger partial charge in [-0.2, -0.15) is 5.10 Å². The second-order valence-corrected chi connectivity index (χ2v) is 5.03. The zero-order valence-corrected chi connectivity index (χ0v) is 12.7. The Kier molecular flexibility index (Phi) is 4.15. The highest BCUT2D eigenvalue weighted by molar-refractivity contribution is 6.36. The fraction of sp³-hybridized carbons (Fsp3) is 0.250. The number of aromatic nitrogens is 3. The van der Waals surface area contributed by atoms with E-state index in [-0.39, 0.29) is 5.91 Å². The lowest BCUT2D eigenvalue weighted by Gasteiger charge is -2.09. The summed E-state index contributed by atoms with van der Waals surface area (Å²) in [6, 6.07) is 3.18. The minimum Gasteiger partial charge on any atom is -0.372 e. The Balaban J connectivity index is 2.45. The zero-order valence-electron chi connectivity index (χ0n) is 11.2. The maximum atomic E-state index is 11.8. The number of hydrogen-bond donors (Lipinski definition) is 1. The summed E-state index contributed by atoms with van der Waals surface area (Å²) >= 11 is 12.1. The van der Waals surface area contributed by atoms with Gasteiger partial charge in [0.05, 0.1) is 10.0 Å². The van der Waals surface area contributed by atoms with Gasteiger partial charge in [0.25, 0.3) is 5.91 Å². The average Bonchev–Trinajstić information content (AvgIpc) is 2.87. The Morgan fingerprint density at radius 2 is 2.05 bits per heavy atom. The number of nitrogens with zero attached hydrogens (tertiary/aromatic N) is 4. The van der Waals surface area contributed by atoms with E-state index in [1.54, 1.807) is 39.5 Å². The molecule has 2 rings (SSSR count). The second-order valence-electron chi connectivity index (χ2n) is 4.22. The monoisotopic (exact) mass is 313 g/mol. The highest BCUT2D eigenvalue weighted by Gasteiger charge is 2.15. The zero-order chi connectivity index (χ0) is 14.9. The van der Waals surface area contributed by atoms with Crippen LogP contribution in [0, 0.1) is 0 Å². The molecule has 0 saturated heterocycles. The average molecular weight is 314 g/mol. The summed E-state index contributed by atoms with van der Waals surface area (Å²) in [6.07, 6.45) is 1.62. The van der Waals surface area contributed by atoms with Gasteiger partial charge in [-0.25, -0.2) is 9.67 Å². The third-order valence-electron chi connectivity index (χ3n) is 2.58. The van der Waals surface area contributed by atoms with Crippen molar-refractivity contribution < 1.29 is 4.79 Å². The smallest absolute Gasteiger partial charge is 0.273 e. The molecule has 0 bridgehead atoms. The number of anilines is 1. The normalized spacial score (nSPS) is 10.4. The molecule has 1 N–H and O–H groups in total. The molecule has 0 atom stereocenters. The quantitative estimate of drug-likeness (QED) is 0.944. The molecule has 0 aromatic carbocycles. The van der Waals surface area contributed by atoms with Gasteiger partial charge in [-0.1, -0.05) is 23.2 Å². The molecule has 0 aliphatic rings. The predicted octanol–water partition coefficient (Wildman–Crippen LogP) is 2.32. The molecular weight excluding hydrogens is 301 g/mol. The second kappa shape index (κ2) is 5.68. The third-order valence-corrected chi connectivity index (χ3v) is 3.15. The van der Waals surface area contributed by atoms with Crippen LogP contribution in [0.2, 0.25) is 10.0 Å². The molecule has 0 unspecified atom stereocenters. The Morgan fingerprint density at radius 3 is 2.65 bits per heavy atom. The van der Waals surface area contributed by atoms with E-state index in [1.165, 1.54) is 9.58 Å². The Labute approximate surface area is 126 Å². The van der Waals surface area contributed by atoms with E-state index in [0.29, 0.717) is 27.4 Å². The van der Waals surface area contributed by atoms with Crippen LogP contribution in [0.25, 0.3) is 5.82 Å². The van der Waals surface area contributed by atoms with E-state index < -0.39 is 0 Å². The molecule has 0 fully saturated rings. The summed E-state index contributed by atoms with van der Waals surface area (Å²) in [4.78, 5) is 17.5. The summed E-state index contributed by atoms with van der Waals surface area (Å²) in [5, 5.41) is 7.80. The highest BCUT2D eigenvalue weighted by Crippen LogP contribution is 2.27. The molecule has 0 saturated carbocycles. The van der Waals surface area contributed by atoms with E-state index >= 15 is 0 Å². The Hall–Kier alpha value is -1.79. The topological polar surface area (TPSA) is 63.1 Å². The van der Waals surface area contributed by atoms with E-state index in [4.69, 9.17) is 23.2 Å². The first-order valence-electron chi connectivity index (χ1n) is 5.75. The molecule has 20 heavy (non-hydrogen) atoms. The molecule has 0 radical (unpaired) electrons. The van der Waals surface area contributed by atoms with E-state index in [9.17, 15) is 4.79 Å². The lowest BCUT2D eigenvalue weighted by atomic mass is 10.4. The standard InChI is InChI=1S/C12H13Cl2N5O/c1-15-10-7(13)6-8(14)11(16-10)19-5-4-9(17-19)12(20)18(2)3/h4-6H,1-3H3,(H,15,16). The molecule has 0 spiro atoms. The minimum atomic E-state index is -0.192. The molecule has 0 aliphatic carbocycles. The van der Waals surface area contributed by atoms with E-state index in [0.717, 1.165) is 0 Å². The molecule has 1 amide bonds. The number of amides is 1. The molecule has 6 nitrogen and oxygen atoms in total. The number of pyridine rings is 1. The summed E-state index contributed by atoms with van der Waals surface area (Å²) in [6.45, 7) is 0. The summed E-state index contributed by atoms with van der Waals surface area (Å²) in [7, 11) is 5.03. The summed E-state index contributed by atoms with van der Waals surface area (Å²) < 4.78 is 1.44. The van der Waals surface area contributed by atoms with Gasteiger partial charge in [-0.3, -0.25) is 4.79 Å². The third kappa shape index (κ3) is 2.71. The number of halogens is 2. The number of rotatable bonds is 3. The minimum absolute atomic E-state index is 0.192. The molecule has 8 heteroatoms. The lowest BCUT2D eigenvalue weighted by molar-refractivity contribution is 0.0821. The fourth-order valence-corrected chi connectivity index (χ4v) is 2.12. The Morgan fingerprint density at radius 1 is 1.35 bits per heavy atom. The van der Waals surface area contributed by atoms with Gasteiger partial charge in [0, 0.05) is 27.3 Å². The van der Waals surface area contributed by atoms with Crippen molar-refractivity contribution in [1.82, 2.24) is 19.7 Å². The lowest BCUT2D eigenvalue weighted by Crippen LogP contribution is -2.22. The fourth-order valence-electron chi connectivity index (χ4n) is 1.58. The van der Waals surface area contributed by atoms with Gasteiger partial charge in [0.15, 0.2) is 11.5 Å². The van der Waals surface area contributed by atoms with Crippen LogP contribution in [0.15, 0.2) is 18.3 Å². The number of hydrogen-bond acceptors (Lipinski definition) is 4. The van der Waals surface area contributed by atoms with Crippen LogP contribution in [0.4, 0.5) is 5.82 Å². The van der Waals surface area contributed by atoms with Crippen LogP contribution in [0.3, 0.4) is 0 Å². The number of carbonyl (C=O) groups excluding carboxylic acids is 1. The van der Waals surface area contributed by atoms with E-state index in [1.807, 2.05) is 0 Å². The summed E-state index contributed by atoms with van der Waals surface area (Å²) in [5.74, 6) is 0.697. The van der Waals surface area contributed by atoms with Crippen LogP contribution in [0.1, 0.15) is 10.5 Å². The SMILES string of the molecule is CNc1nc(-n2ccc(C(=O)N(C)C)n2)c(Cl)cc1Cl. The summed E-state index contributed by atoms with van der Waals surface area (Å²) in [5.41, 5.74) is 0.314. The number of nitrogens with one attached hydrogen (secondary N) is 1. The van der Waals surface area contributed by atoms with Gasteiger partial charge in [0.2, 0.25) is 0 Å². The molecule has 2 heterocycles. The van der Waals surface area contributed by atoms with Crippen molar-refractivity contribution >= 4 is 34.9 Å². The van der Waals surface area contributed by atoms with Crippen molar-refractivity contribution in [2.24, 2.45) is 0 Å². The highest BCUT2D eigenvalue weighted by atomic mass is 35.5. The molecule has 2 aromatic rings. The first kappa shape index (κ1) is 14.6. The first-order chi connectivity index (χ1) is 9.43.